The molecule has 5 heteroatoms. The standard InChI is InChI=1S/C17H26N2O3/c1-12(20)8-9-18-17(21)19-11-14-5-3-4-13-10-15(22-2)6-7-16(13)14/h6-7,10,12,14,20H,3-5,8-9,11H2,1-2H3,(H2,18,19,21)/t12-,14+/m0/s1. The predicted octanol–water partition coefficient (Wildman–Crippen LogP) is 2.19. The van der Waals surface area contributed by atoms with Gasteiger partial charge < -0.3 is 20.5 Å². The van der Waals surface area contributed by atoms with Gasteiger partial charge in [-0.1, -0.05) is 6.07 Å². The van der Waals surface area contributed by atoms with Crippen LogP contribution in [-0.4, -0.2) is 37.4 Å². The zero-order valence-electron chi connectivity index (χ0n) is 13.4. The summed E-state index contributed by atoms with van der Waals surface area (Å²) < 4.78 is 5.28. The number of aliphatic hydroxyl groups is 1. The van der Waals surface area contributed by atoms with Gasteiger partial charge in [0.1, 0.15) is 5.75 Å². The largest absolute Gasteiger partial charge is 0.497 e. The number of carbonyl (C=O) groups is 1. The van der Waals surface area contributed by atoms with Crippen molar-refractivity contribution in [1.29, 1.82) is 0 Å². The molecular formula is C17H26N2O3. The Morgan fingerprint density at radius 1 is 1.45 bits per heavy atom. The first-order chi connectivity index (χ1) is 10.6. The van der Waals surface area contributed by atoms with Crippen molar-refractivity contribution in [2.45, 2.75) is 44.6 Å². The molecule has 0 saturated carbocycles. The molecule has 1 aliphatic carbocycles. The molecule has 0 fully saturated rings. The van der Waals surface area contributed by atoms with E-state index in [2.05, 4.69) is 22.8 Å². The first-order valence-corrected chi connectivity index (χ1v) is 7.96. The lowest BCUT2D eigenvalue weighted by Gasteiger charge is -2.26. The molecule has 2 amide bonds. The molecule has 0 unspecified atom stereocenters. The van der Waals surface area contributed by atoms with Crippen LogP contribution in [0, 0.1) is 0 Å². The van der Waals surface area contributed by atoms with E-state index in [1.54, 1.807) is 14.0 Å². The molecule has 0 heterocycles. The average Bonchev–Trinajstić information content (AvgIpc) is 2.51. The van der Waals surface area contributed by atoms with Gasteiger partial charge >= 0.3 is 6.03 Å². The summed E-state index contributed by atoms with van der Waals surface area (Å²) in [6.07, 6.45) is 3.48. The molecule has 122 valence electrons. The number of urea groups is 1. The third-order valence-corrected chi connectivity index (χ3v) is 4.15. The van der Waals surface area contributed by atoms with Crippen LogP contribution < -0.4 is 15.4 Å². The van der Waals surface area contributed by atoms with Crippen LogP contribution in [0.5, 0.6) is 5.75 Å². The van der Waals surface area contributed by atoms with Gasteiger partial charge in [-0.25, -0.2) is 4.79 Å². The van der Waals surface area contributed by atoms with E-state index in [4.69, 9.17) is 9.84 Å². The Bertz CT molecular complexity index is 503. The molecule has 2 rings (SSSR count). The summed E-state index contributed by atoms with van der Waals surface area (Å²) in [4.78, 5) is 11.8. The number of hydrogen-bond acceptors (Lipinski definition) is 3. The van der Waals surface area contributed by atoms with E-state index >= 15 is 0 Å². The van der Waals surface area contributed by atoms with Crippen molar-refractivity contribution in [3.05, 3.63) is 29.3 Å². The lowest BCUT2D eigenvalue weighted by molar-refractivity contribution is 0.183. The minimum atomic E-state index is -0.388. The number of aliphatic hydroxyl groups excluding tert-OH is 1. The smallest absolute Gasteiger partial charge is 0.314 e. The molecule has 0 spiro atoms. The Labute approximate surface area is 132 Å². The number of benzene rings is 1. The van der Waals surface area contributed by atoms with Crippen LogP contribution in [0.1, 0.15) is 43.2 Å². The van der Waals surface area contributed by atoms with Gasteiger partial charge in [-0.2, -0.15) is 0 Å². The van der Waals surface area contributed by atoms with E-state index < -0.39 is 0 Å². The van der Waals surface area contributed by atoms with E-state index in [1.807, 2.05) is 6.07 Å². The molecular weight excluding hydrogens is 280 g/mol. The molecule has 1 aliphatic rings. The molecule has 2 atom stereocenters. The summed E-state index contributed by atoms with van der Waals surface area (Å²) in [6.45, 7) is 2.84. The van der Waals surface area contributed by atoms with Gasteiger partial charge in [-0.3, -0.25) is 0 Å². The Morgan fingerprint density at radius 2 is 2.27 bits per heavy atom. The fourth-order valence-corrected chi connectivity index (χ4v) is 2.90. The highest BCUT2D eigenvalue weighted by Crippen LogP contribution is 2.33. The first kappa shape index (κ1) is 16.6. The summed E-state index contributed by atoms with van der Waals surface area (Å²) in [5.74, 6) is 1.25. The SMILES string of the molecule is COc1ccc2c(c1)CCC[C@@H]2CNC(=O)NCC[C@H](C)O. The van der Waals surface area contributed by atoms with Gasteiger partial charge in [0, 0.05) is 19.0 Å². The third-order valence-electron chi connectivity index (χ3n) is 4.15. The van der Waals surface area contributed by atoms with E-state index in [-0.39, 0.29) is 12.1 Å². The molecule has 0 saturated heterocycles. The Balaban J connectivity index is 1.86. The number of hydrogen-bond donors (Lipinski definition) is 3. The average molecular weight is 306 g/mol. The highest BCUT2D eigenvalue weighted by atomic mass is 16.5. The van der Waals surface area contributed by atoms with E-state index in [0.29, 0.717) is 25.4 Å². The maximum Gasteiger partial charge on any atom is 0.314 e. The fraction of sp³-hybridized carbons (Fsp3) is 0.588. The molecule has 5 nitrogen and oxygen atoms in total. The fourth-order valence-electron chi connectivity index (χ4n) is 2.90. The molecule has 0 bridgehead atoms. The monoisotopic (exact) mass is 306 g/mol. The maximum absolute atomic E-state index is 11.8. The molecule has 0 aliphatic heterocycles. The van der Waals surface area contributed by atoms with Crippen LogP contribution in [0.15, 0.2) is 18.2 Å². The lowest BCUT2D eigenvalue weighted by atomic mass is 9.82. The van der Waals surface area contributed by atoms with Gasteiger partial charge in [0.05, 0.1) is 13.2 Å². The second-order valence-electron chi connectivity index (χ2n) is 5.93. The van der Waals surface area contributed by atoms with Gasteiger partial charge in [0.25, 0.3) is 0 Å². The van der Waals surface area contributed by atoms with Crippen molar-refractivity contribution >= 4 is 6.03 Å². The van der Waals surface area contributed by atoms with Crippen LogP contribution in [-0.2, 0) is 6.42 Å². The molecule has 3 N–H and O–H groups in total. The van der Waals surface area contributed by atoms with Crippen molar-refractivity contribution in [3.63, 3.8) is 0 Å². The lowest BCUT2D eigenvalue weighted by Crippen LogP contribution is -2.39. The van der Waals surface area contributed by atoms with Gasteiger partial charge in [0.2, 0.25) is 0 Å². The third kappa shape index (κ3) is 4.63. The minimum Gasteiger partial charge on any atom is -0.497 e. The van der Waals surface area contributed by atoms with E-state index in [9.17, 15) is 4.79 Å². The number of nitrogens with one attached hydrogen (secondary N) is 2. The van der Waals surface area contributed by atoms with Gasteiger partial charge in [-0.05, 0) is 55.9 Å². The normalized spacial score (nSPS) is 18.2. The van der Waals surface area contributed by atoms with Crippen molar-refractivity contribution in [2.75, 3.05) is 20.2 Å². The number of ether oxygens (including phenoxy) is 1. The Kier molecular flexibility index (Phi) is 6.07. The molecule has 22 heavy (non-hydrogen) atoms. The van der Waals surface area contributed by atoms with Crippen LogP contribution in [0.3, 0.4) is 0 Å². The number of aryl methyl sites for hydroxylation is 1. The second kappa shape index (κ2) is 8.03. The number of amides is 2. The second-order valence-corrected chi connectivity index (χ2v) is 5.93. The quantitative estimate of drug-likeness (QED) is 0.754. The van der Waals surface area contributed by atoms with Crippen molar-refractivity contribution in [2.24, 2.45) is 0 Å². The molecule has 0 radical (unpaired) electrons. The zero-order valence-corrected chi connectivity index (χ0v) is 13.4. The number of methoxy groups -OCH3 is 1. The van der Waals surface area contributed by atoms with Gasteiger partial charge in [-0.15, -0.1) is 0 Å². The van der Waals surface area contributed by atoms with Crippen LogP contribution in [0.4, 0.5) is 4.79 Å². The van der Waals surface area contributed by atoms with Crippen molar-refractivity contribution in [3.8, 4) is 5.75 Å². The van der Waals surface area contributed by atoms with Crippen LogP contribution in [0.25, 0.3) is 0 Å². The Morgan fingerprint density at radius 3 is 3.00 bits per heavy atom. The number of fused-ring (bicyclic) bond motifs is 1. The number of rotatable bonds is 6. The zero-order chi connectivity index (χ0) is 15.9. The highest BCUT2D eigenvalue weighted by Gasteiger charge is 2.21. The van der Waals surface area contributed by atoms with Crippen molar-refractivity contribution < 1.29 is 14.6 Å². The molecule has 1 aromatic carbocycles. The summed E-state index contributed by atoms with van der Waals surface area (Å²) in [5, 5.41) is 14.9. The topological polar surface area (TPSA) is 70.6 Å². The molecule has 1 aromatic rings. The minimum absolute atomic E-state index is 0.165. The predicted molar refractivity (Wildman–Crippen MR) is 86.4 cm³/mol. The number of carbonyl (C=O) groups excluding carboxylic acids is 1. The summed E-state index contributed by atoms with van der Waals surface area (Å²) >= 11 is 0. The summed E-state index contributed by atoms with van der Waals surface area (Å²) in [6, 6.07) is 6.04. The van der Waals surface area contributed by atoms with Crippen LogP contribution in [0.2, 0.25) is 0 Å². The van der Waals surface area contributed by atoms with E-state index in [1.165, 1.54) is 11.1 Å². The van der Waals surface area contributed by atoms with Gasteiger partial charge in [0.15, 0.2) is 0 Å². The maximum atomic E-state index is 11.8. The van der Waals surface area contributed by atoms with E-state index in [0.717, 1.165) is 25.0 Å². The molecule has 0 aromatic heterocycles. The van der Waals surface area contributed by atoms with Crippen LogP contribution >= 0.6 is 0 Å². The highest BCUT2D eigenvalue weighted by molar-refractivity contribution is 5.73. The Hall–Kier alpha value is -1.75. The van der Waals surface area contributed by atoms with Crippen molar-refractivity contribution in [1.82, 2.24) is 10.6 Å². The summed E-state index contributed by atoms with van der Waals surface area (Å²) in [7, 11) is 1.68. The first-order valence-electron chi connectivity index (χ1n) is 7.96. The summed E-state index contributed by atoms with van der Waals surface area (Å²) in [5.41, 5.74) is 2.64.